The van der Waals surface area contributed by atoms with E-state index in [1.54, 1.807) is 11.3 Å². The highest BCUT2D eigenvalue weighted by atomic mass is 32.1. The van der Waals surface area contributed by atoms with E-state index in [1.165, 1.54) is 12.8 Å². The minimum atomic E-state index is 0.264. The van der Waals surface area contributed by atoms with Crippen LogP contribution in [0.25, 0.3) is 10.2 Å². The molecule has 0 amide bonds. The number of nitrogen functional groups attached to an aromatic ring is 1. The molecule has 1 atom stereocenters. The second-order valence-electron chi connectivity index (χ2n) is 4.36. The van der Waals surface area contributed by atoms with Gasteiger partial charge in [-0.3, -0.25) is 0 Å². The Morgan fingerprint density at radius 2 is 2.35 bits per heavy atom. The van der Waals surface area contributed by atoms with Gasteiger partial charge < -0.3 is 10.5 Å². The molecule has 1 saturated heterocycles. The van der Waals surface area contributed by atoms with Crippen LogP contribution in [0.2, 0.25) is 0 Å². The van der Waals surface area contributed by atoms with E-state index >= 15 is 0 Å². The minimum absolute atomic E-state index is 0.264. The fourth-order valence-corrected chi connectivity index (χ4v) is 2.98. The molecule has 0 aliphatic carbocycles. The molecule has 1 unspecified atom stereocenters. The third-order valence-corrected chi connectivity index (χ3v) is 3.89. The highest BCUT2D eigenvalue weighted by molar-refractivity contribution is 7.16. The summed E-state index contributed by atoms with van der Waals surface area (Å²) in [5.74, 6) is 1.39. The Bertz CT molecular complexity index is 519. The van der Waals surface area contributed by atoms with E-state index in [-0.39, 0.29) is 6.10 Å². The number of nitrogens with two attached hydrogens (primary N) is 1. The van der Waals surface area contributed by atoms with Gasteiger partial charge in [0.15, 0.2) is 0 Å². The first-order valence-electron chi connectivity index (χ1n) is 5.94. The Labute approximate surface area is 104 Å². The Morgan fingerprint density at radius 3 is 3.18 bits per heavy atom. The fourth-order valence-electron chi connectivity index (χ4n) is 2.19. The van der Waals surface area contributed by atoms with Crippen molar-refractivity contribution in [2.24, 2.45) is 0 Å². The monoisotopic (exact) mass is 249 g/mol. The molecule has 2 aromatic rings. The van der Waals surface area contributed by atoms with Crippen LogP contribution in [0.4, 0.5) is 5.82 Å². The van der Waals surface area contributed by atoms with Crippen molar-refractivity contribution in [2.45, 2.75) is 31.8 Å². The van der Waals surface area contributed by atoms with Crippen molar-refractivity contribution in [1.29, 1.82) is 0 Å². The van der Waals surface area contributed by atoms with E-state index in [4.69, 9.17) is 10.5 Å². The lowest BCUT2D eigenvalue weighted by Crippen LogP contribution is -2.22. The maximum atomic E-state index is 5.92. The van der Waals surface area contributed by atoms with Crippen LogP contribution in [0.3, 0.4) is 0 Å². The van der Waals surface area contributed by atoms with Crippen LogP contribution in [0.15, 0.2) is 11.4 Å². The molecule has 0 aromatic carbocycles. The average molecular weight is 249 g/mol. The molecule has 0 spiro atoms. The number of nitrogens with zero attached hydrogens (tertiary/aromatic N) is 2. The minimum Gasteiger partial charge on any atom is -0.383 e. The van der Waals surface area contributed by atoms with Crippen LogP contribution in [0, 0.1) is 0 Å². The van der Waals surface area contributed by atoms with E-state index in [0.29, 0.717) is 5.82 Å². The zero-order chi connectivity index (χ0) is 11.7. The molecule has 5 heteroatoms. The van der Waals surface area contributed by atoms with Gasteiger partial charge >= 0.3 is 0 Å². The summed E-state index contributed by atoms with van der Waals surface area (Å²) in [6.45, 7) is 0.862. The number of hydrogen-bond acceptors (Lipinski definition) is 5. The normalized spacial score (nSPS) is 20.8. The SMILES string of the molecule is Nc1nc(CC2CCCCO2)nc2sccc12. The second-order valence-corrected chi connectivity index (χ2v) is 5.25. The van der Waals surface area contributed by atoms with Gasteiger partial charge in [0.2, 0.25) is 0 Å². The van der Waals surface area contributed by atoms with E-state index < -0.39 is 0 Å². The number of hydrogen-bond donors (Lipinski definition) is 1. The lowest BCUT2D eigenvalue weighted by atomic mass is 10.1. The molecule has 3 rings (SSSR count). The average Bonchev–Trinajstić information content (AvgIpc) is 2.79. The number of ether oxygens (including phenoxy) is 1. The number of rotatable bonds is 2. The summed E-state index contributed by atoms with van der Waals surface area (Å²) in [6, 6.07) is 1.97. The van der Waals surface area contributed by atoms with Gasteiger partial charge in [0.1, 0.15) is 16.5 Å². The Kier molecular flexibility index (Phi) is 2.94. The van der Waals surface area contributed by atoms with Gasteiger partial charge in [-0.05, 0) is 30.7 Å². The zero-order valence-electron chi connectivity index (χ0n) is 9.56. The van der Waals surface area contributed by atoms with E-state index in [2.05, 4.69) is 9.97 Å². The van der Waals surface area contributed by atoms with Crippen LogP contribution in [0.1, 0.15) is 25.1 Å². The molecular formula is C12H15N3OS. The van der Waals surface area contributed by atoms with Crippen molar-refractivity contribution < 1.29 is 4.74 Å². The third kappa shape index (κ3) is 2.25. The van der Waals surface area contributed by atoms with Crippen LogP contribution < -0.4 is 5.73 Å². The van der Waals surface area contributed by atoms with Gasteiger partial charge in [-0.25, -0.2) is 9.97 Å². The number of fused-ring (bicyclic) bond motifs is 1. The van der Waals surface area contributed by atoms with Crippen LogP contribution in [-0.2, 0) is 11.2 Å². The first-order chi connectivity index (χ1) is 8.33. The van der Waals surface area contributed by atoms with Gasteiger partial charge in [-0.1, -0.05) is 0 Å². The number of anilines is 1. The van der Waals surface area contributed by atoms with E-state index in [9.17, 15) is 0 Å². The van der Waals surface area contributed by atoms with Gasteiger partial charge in [0.25, 0.3) is 0 Å². The lowest BCUT2D eigenvalue weighted by Gasteiger charge is -2.21. The van der Waals surface area contributed by atoms with E-state index in [0.717, 1.165) is 35.5 Å². The predicted molar refractivity (Wildman–Crippen MR) is 69.1 cm³/mol. The molecule has 0 bridgehead atoms. The van der Waals surface area contributed by atoms with Crippen LogP contribution in [0.5, 0.6) is 0 Å². The topological polar surface area (TPSA) is 61.0 Å². The smallest absolute Gasteiger partial charge is 0.135 e. The standard InChI is InChI=1S/C12H15N3OS/c13-11-9-4-6-17-12(9)15-10(14-11)7-8-3-1-2-5-16-8/h4,6,8H,1-3,5,7H2,(H2,13,14,15). The molecule has 90 valence electrons. The fraction of sp³-hybridized carbons (Fsp3) is 0.500. The van der Waals surface area contributed by atoms with Crippen molar-refractivity contribution in [1.82, 2.24) is 9.97 Å². The highest BCUT2D eigenvalue weighted by Crippen LogP contribution is 2.24. The summed E-state index contributed by atoms with van der Waals surface area (Å²) in [7, 11) is 0. The van der Waals surface area contributed by atoms with Crippen molar-refractivity contribution in [3.8, 4) is 0 Å². The van der Waals surface area contributed by atoms with Crippen molar-refractivity contribution >= 4 is 27.4 Å². The first-order valence-corrected chi connectivity index (χ1v) is 6.82. The maximum Gasteiger partial charge on any atom is 0.135 e. The quantitative estimate of drug-likeness (QED) is 0.887. The predicted octanol–water partition coefficient (Wildman–Crippen LogP) is 2.39. The molecule has 0 radical (unpaired) electrons. The van der Waals surface area contributed by atoms with Crippen molar-refractivity contribution in [2.75, 3.05) is 12.3 Å². The molecule has 4 nitrogen and oxygen atoms in total. The Morgan fingerprint density at radius 1 is 1.41 bits per heavy atom. The molecule has 1 fully saturated rings. The molecule has 1 aliphatic heterocycles. The number of thiophene rings is 1. The highest BCUT2D eigenvalue weighted by Gasteiger charge is 2.17. The summed E-state index contributed by atoms with van der Waals surface area (Å²) < 4.78 is 5.70. The Balaban J connectivity index is 1.84. The second kappa shape index (κ2) is 4.58. The summed E-state index contributed by atoms with van der Waals surface area (Å²) in [5, 5.41) is 2.96. The molecule has 17 heavy (non-hydrogen) atoms. The van der Waals surface area contributed by atoms with E-state index in [1.807, 2.05) is 11.4 Å². The Hall–Kier alpha value is -1.20. The summed E-state index contributed by atoms with van der Waals surface area (Å²) in [4.78, 5) is 9.87. The lowest BCUT2D eigenvalue weighted by molar-refractivity contribution is 0.0157. The first kappa shape index (κ1) is 10.9. The number of aromatic nitrogens is 2. The van der Waals surface area contributed by atoms with Crippen LogP contribution >= 0.6 is 11.3 Å². The zero-order valence-corrected chi connectivity index (χ0v) is 10.4. The van der Waals surface area contributed by atoms with Gasteiger partial charge in [0, 0.05) is 13.0 Å². The van der Waals surface area contributed by atoms with Gasteiger partial charge in [-0.15, -0.1) is 11.3 Å². The molecular weight excluding hydrogens is 234 g/mol. The van der Waals surface area contributed by atoms with Crippen molar-refractivity contribution in [3.63, 3.8) is 0 Å². The molecule has 2 aromatic heterocycles. The molecule has 2 N–H and O–H groups in total. The molecule has 3 heterocycles. The van der Waals surface area contributed by atoms with Crippen LogP contribution in [-0.4, -0.2) is 22.7 Å². The van der Waals surface area contributed by atoms with Crippen molar-refractivity contribution in [3.05, 3.63) is 17.3 Å². The summed E-state index contributed by atoms with van der Waals surface area (Å²) in [6.07, 6.45) is 4.55. The third-order valence-electron chi connectivity index (χ3n) is 3.09. The summed E-state index contributed by atoms with van der Waals surface area (Å²) in [5.41, 5.74) is 5.92. The molecule has 1 aliphatic rings. The maximum absolute atomic E-state index is 5.92. The van der Waals surface area contributed by atoms with Gasteiger partial charge in [-0.2, -0.15) is 0 Å². The largest absolute Gasteiger partial charge is 0.383 e. The van der Waals surface area contributed by atoms with Gasteiger partial charge in [0.05, 0.1) is 11.5 Å². The summed E-state index contributed by atoms with van der Waals surface area (Å²) >= 11 is 1.61. The molecule has 0 saturated carbocycles.